The molecule has 0 radical (unpaired) electrons. The van der Waals surface area contributed by atoms with Gasteiger partial charge in [-0.3, -0.25) is 4.79 Å². The summed E-state index contributed by atoms with van der Waals surface area (Å²) in [5.41, 5.74) is 0. The maximum absolute atomic E-state index is 11.6. The standard InChI is InChI=1S/C12H15N3O2/c1-9-4-5-10(17-9)12(16)15-6-2-3-11-13-7-8-14-11/h4-5,7-8H,2-3,6H2,1H3,(H,13,14)(H,15,16). The number of carbonyl (C=O) groups excluding carboxylic acids is 1. The van der Waals surface area contributed by atoms with E-state index in [4.69, 9.17) is 4.42 Å². The van der Waals surface area contributed by atoms with Crippen molar-refractivity contribution in [3.8, 4) is 0 Å². The van der Waals surface area contributed by atoms with Crippen molar-refractivity contribution in [1.82, 2.24) is 15.3 Å². The number of hydrogen-bond acceptors (Lipinski definition) is 3. The van der Waals surface area contributed by atoms with Crippen LogP contribution in [0.1, 0.15) is 28.6 Å². The quantitative estimate of drug-likeness (QED) is 0.772. The van der Waals surface area contributed by atoms with E-state index in [1.165, 1.54) is 0 Å². The highest BCUT2D eigenvalue weighted by molar-refractivity contribution is 5.91. The van der Waals surface area contributed by atoms with Crippen LogP contribution in [0.3, 0.4) is 0 Å². The zero-order chi connectivity index (χ0) is 12.1. The van der Waals surface area contributed by atoms with Crippen molar-refractivity contribution in [3.05, 3.63) is 41.9 Å². The third kappa shape index (κ3) is 3.21. The second kappa shape index (κ2) is 5.34. The van der Waals surface area contributed by atoms with Crippen LogP contribution in [0.25, 0.3) is 0 Å². The number of nitrogens with zero attached hydrogens (tertiary/aromatic N) is 1. The highest BCUT2D eigenvalue weighted by Gasteiger charge is 2.08. The van der Waals surface area contributed by atoms with Gasteiger partial charge in [0.25, 0.3) is 5.91 Å². The molecule has 0 bridgehead atoms. The van der Waals surface area contributed by atoms with Crippen LogP contribution < -0.4 is 5.32 Å². The molecule has 5 nitrogen and oxygen atoms in total. The van der Waals surface area contributed by atoms with E-state index in [9.17, 15) is 4.79 Å². The topological polar surface area (TPSA) is 70.9 Å². The van der Waals surface area contributed by atoms with Crippen LogP contribution in [0, 0.1) is 6.92 Å². The van der Waals surface area contributed by atoms with Gasteiger partial charge in [0.05, 0.1) is 0 Å². The van der Waals surface area contributed by atoms with Crippen LogP contribution in [0.4, 0.5) is 0 Å². The predicted molar refractivity (Wildman–Crippen MR) is 62.7 cm³/mol. The number of H-pyrrole nitrogens is 1. The Morgan fingerprint density at radius 2 is 2.41 bits per heavy atom. The lowest BCUT2D eigenvalue weighted by molar-refractivity contribution is 0.0924. The lowest BCUT2D eigenvalue weighted by atomic mass is 10.3. The highest BCUT2D eigenvalue weighted by Crippen LogP contribution is 2.05. The van der Waals surface area contributed by atoms with E-state index in [0.717, 1.165) is 24.4 Å². The molecule has 1 amide bonds. The van der Waals surface area contributed by atoms with Crippen molar-refractivity contribution in [2.75, 3.05) is 6.54 Å². The molecule has 5 heteroatoms. The van der Waals surface area contributed by atoms with Crippen LogP contribution >= 0.6 is 0 Å². The predicted octanol–water partition coefficient (Wildman–Crippen LogP) is 1.67. The molecule has 0 fully saturated rings. The summed E-state index contributed by atoms with van der Waals surface area (Å²) in [5, 5.41) is 2.80. The molecule has 0 spiro atoms. The zero-order valence-electron chi connectivity index (χ0n) is 9.69. The first kappa shape index (κ1) is 11.4. The smallest absolute Gasteiger partial charge is 0.286 e. The number of carbonyl (C=O) groups is 1. The van der Waals surface area contributed by atoms with Crippen LogP contribution in [-0.4, -0.2) is 22.4 Å². The van der Waals surface area contributed by atoms with Crippen LogP contribution in [-0.2, 0) is 6.42 Å². The summed E-state index contributed by atoms with van der Waals surface area (Å²) in [7, 11) is 0. The van der Waals surface area contributed by atoms with Crippen molar-refractivity contribution >= 4 is 5.91 Å². The first-order chi connectivity index (χ1) is 8.25. The largest absolute Gasteiger partial charge is 0.456 e. The van der Waals surface area contributed by atoms with Crippen molar-refractivity contribution < 1.29 is 9.21 Å². The van der Waals surface area contributed by atoms with E-state index >= 15 is 0 Å². The molecule has 0 aromatic carbocycles. The monoisotopic (exact) mass is 233 g/mol. The number of hydrogen-bond donors (Lipinski definition) is 2. The molecule has 2 heterocycles. The molecule has 0 atom stereocenters. The number of rotatable bonds is 5. The van der Waals surface area contributed by atoms with Crippen LogP contribution in [0.15, 0.2) is 28.9 Å². The molecule has 0 aliphatic heterocycles. The zero-order valence-corrected chi connectivity index (χ0v) is 9.69. The van der Waals surface area contributed by atoms with Crippen molar-refractivity contribution in [2.24, 2.45) is 0 Å². The Hall–Kier alpha value is -2.04. The van der Waals surface area contributed by atoms with Gasteiger partial charge in [-0.05, 0) is 25.5 Å². The maximum atomic E-state index is 11.6. The summed E-state index contributed by atoms with van der Waals surface area (Å²) >= 11 is 0. The number of imidazole rings is 1. The minimum Gasteiger partial charge on any atom is -0.456 e. The van der Waals surface area contributed by atoms with Gasteiger partial charge >= 0.3 is 0 Å². The van der Waals surface area contributed by atoms with Gasteiger partial charge in [0.15, 0.2) is 5.76 Å². The lowest BCUT2D eigenvalue weighted by Crippen LogP contribution is -2.24. The second-order valence-electron chi connectivity index (χ2n) is 3.81. The summed E-state index contributed by atoms with van der Waals surface area (Å²) < 4.78 is 5.22. The van der Waals surface area contributed by atoms with Gasteiger partial charge in [0.1, 0.15) is 11.6 Å². The SMILES string of the molecule is Cc1ccc(C(=O)NCCCc2ncc[nH]2)o1. The third-order valence-corrected chi connectivity index (χ3v) is 2.39. The molecule has 0 saturated heterocycles. The van der Waals surface area contributed by atoms with E-state index in [1.54, 1.807) is 24.5 Å². The number of aromatic nitrogens is 2. The Bertz CT molecular complexity index is 474. The van der Waals surface area contributed by atoms with Gasteiger partial charge in [-0.1, -0.05) is 0 Å². The molecule has 90 valence electrons. The molecule has 17 heavy (non-hydrogen) atoms. The van der Waals surface area contributed by atoms with E-state index in [0.29, 0.717) is 12.3 Å². The molecule has 0 saturated carbocycles. The molecule has 2 N–H and O–H groups in total. The fourth-order valence-electron chi connectivity index (χ4n) is 1.54. The summed E-state index contributed by atoms with van der Waals surface area (Å²) in [6.07, 6.45) is 5.18. The van der Waals surface area contributed by atoms with E-state index in [1.807, 2.05) is 6.92 Å². The van der Waals surface area contributed by atoms with Gasteiger partial charge in [0.2, 0.25) is 0 Å². The number of amides is 1. The van der Waals surface area contributed by atoms with Gasteiger partial charge < -0.3 is 14.7 Å². The van der Waals surface area contributed by atoms with Crippen LogP contribution in [0.5, 0.6) is 0 Å². The molecule has 2 rings (SSSR count). The van der Waals surface area contributed by atoms with Crippen molar-refractivity contribution in [2.45, 2.75) is 19.8 Å². The van der Waals surface area contributed by atoms with Crippen LogP contribution in [0.2, 0.25) is 0 Å². The molecule has 0 aliphatic rings. The average molecular weight is 233 g/mol. The normalized spacial score (nSPS) is 10.4. The summed E-state index contributed by atoms with van der Waals surface area (Å²) in [6, 6.07) is 3.45. The Kier molecular flexibility index (Phi) is 3.59. The number of aryl methyl sites for hydroxylation is 2. The number of furan rings is 1. The molecule has 0 unspecified atom stereocenters. The molecule has 0 aliphatic carbocycles. The van der Waals surface area contributed by atoms with Gasteiger partial charge in [-0.25, -0.2) is 4.98 Å². The first-order valence-electron chi connectivity index (χ1n) is 5.58. The highest BCUT2D eigenvalue weighted by atomic mass is 16.3. The maximum Gasteiger partial charge on any atom is 0.286 e. The van der Waals surface area contributed by atoms with E-state index in [-0.39, 0.29) is 5.91 Å². The second-order valence-corrected chi connectivity index (χ2v) is 3.81. The Morgan fingerprint density at radius 3 is 3.06 bits per heavy atom. The minimum atomic E-state index is -0.169. The minimum absolute atomic E-state index is 0.169. The Morgan fingerprint density at radius 1 is 1.53 bits per heavy atom. The van der Waals surface area contributed by atoms with Crippen molar-refractivity contribution in [3.63, 3.8) is 0 Å². The Balaban J connectivity index is 1.70. The lowest BCUT2D eigenvalue weighted by Gasteiger charge is -2.01. The molecule has 2 aromatic heterocycles. The molecule has 2 aromatic rings. The Labute approximate surface area is 99.2 Å². The summed E-state index contributed by atoms with van der Waals surface area (Å²) in [4.78, 5) is 18.7. The summed E-state index contributed by atoms with van der Waals surface area (Å²) in [6.45, 7) is 2.42. The number of aromatic amines is 1. The summed E-state index contributed by atoms with van der Waals surface area (Å²) in [5.74, 6) is 1.87. The van der Waals surface area contributed by atoms with Gasteiger partial charge in [-0.15, -0.1) is 0 Å². The molecular formula is C12H15N3O2. The van der Waals surface area contributed by atoms with E-state index in [2.05, 4.69) is 15.3 Å². The first-order valence-corrected chi connectivity index (χ1v) is 5.58. The fourth-order valence-corrected chi connectivity index (χ4v) is 1.54. The number of nitrogens with one attached hydrogen (secondary N) is 2. The van der Waals surface area contributed by atoms with Crippen molar-refractivity contribution in [1.29, 1.82) is 0 Å². The van der Waals surface area contributed by atoms with E-state index < -0.39 is 0 Å². The third-order valence-electron chi connectivity index (χ3n) is 2.39. The van der Waals surface area contributed by atoms with Gasteiger partial charge in [0, 0.05) is 25.4 Å². The average Bonchev–Trinajstić information content (AvgIpc) is 2.95. The fraction of sp³-hybridized carbons (Fsp3) is 0.333. The van der Waals surface area contributed by atoms with Gasteiger partial charge in [-0.2, -0.15) is 0 Å². The molecular weight excluding hydrogens is 218 g/mol.